The molecule has 1 aromatic carbocycles. The zero-order valence-electron chi connectivity index (χ0n) is 9.35. The van der Waals surface area contributed by atoms with E-state index in [0.717, 1.165) is 7.05 Å². The molecule has 0 radical (unpaired) electrons. The van der Waals surface area contributed by atoms with Crippen LogP contribution in [0.3, 0.4) is 0 Å². The van der Waals surface area contributed by atoms with Crippen molar-refractivity contribution in [3.8, 4) is 0 Å². The Labute approximate surface area is 104 Å². The van der Waals surface area contributed by atoms with E-state index in [0.29, 0.717) is 12.1 Å². The Morgan fingerprint density at radius 3 is 1.68 bits per heavy atom. The van der Waals surface area contributed by atoms with Gasteiger partial charge >= 0.3 is 0 Å². The van der Waals surface area contributed by atoms with Crippen LogP contribution in [0.1, 0.15) is 10.4 Å². The molecule has 0 atom stereocenters. The monoisotopic (exact) mass is 270 g/mol. The van der Waals surface area contributed by atoms with Gasteiger partial charge < -0.3 is 5.32 Å². The Morgan fingerprint density at radius 2 is 1.42 bits per heavy atom. The second kappa shape index (κ2) is 5.03. The van der Waals surface area contributed by atoms with Crippen LogP contribution in [-0.4, -0.2) is 27.7 Å². The first-order valence-electron chi connectivity index (χ1n) is 4.63. The third kappa shape index (κ3) is 2.59. The molecule has 0 aromatic heterocycles. The highest BCUT2D eigenvalue weighted by molar-refractivity contribution is 6.02. The Kier molecular flexibility index (Phi) is 3.70. The quantitative estimate of drug-likeness (QED) is 0.624. The fourth-order valence-corrected chi connectivity index (χ4v) is 1.35. The van der Waals surface area contributed by atoms with E-state index in [1.165, 1.54) is 0 Å². The van der Waals surface area contributed by atoms with Crippen LogP contribution < -0.4 is 5.32 Å². The Bertz CT molecular complexity index is 562. The molecule has 0 saturated heterocycles. The topological polar surface area (TPSA) is 159 Å². The molecule has 1 rings (SSSR count). The number of rotatable bonds is 4. The summed E-state index contributed by atoms with van der Waals surface area (Å²) >= 11 is 0. The number of amides is 1. The minimum Gasteiger partial charge on any atom is -0.355 e. The first-order valence-corrected chi connectivity index (χ1v) is 4.63. The maximum atomic E-state index is 11.5. The highest BCUT2D eigenvalue weighted by Crippen LogP contribution is 2.33. The fourth-order valence-electron chi connectivity index (χ4n) is 1.35. The van der Waals surface area contributed by atoms with Crippen LogP contribution in [-0.2, 0) is 0 Å². The Hall–Kier alpha value is -3.11. The number of nitrogens with zero attached hydrogens (tertiary/aromatic N) is 3. The molecular formula is C8H6N4O7. The van der Waals surface area contributed by atoms with Gasteiger partial charge in [0.2, 0.25) is 0 Å². The molecule has 0 heterocycles. The van der Waals surface area contributed by atoms with E-state index in [-0.39, 0.29) is 0 Å². The van der Waals surface area contributed by atoms with E-state index in [1.54, 1.807) is 0 Å². The van der Waals surface area contributed by atoms with Crippen LogP contribution >= 0.6 is 0 Å². The average Bonchev–Trinajstić information content (AvgIpc) is 2.35. The van der Waals surface area contributed by atoms with Crippen molar-refractivity contribution < 1.29 is 19.6 Å². The number of carbonyl (C=O) groups excluding carboxylic acids is 1. The van der Waals surface area contributed by atoms with Gasteiger partial charge in [0.25, 0.3) is 23.0 Å². The number of nitro groups is 3. The van der Waals surface area contributed by atoms with E-state index in [4.69, 9.17) is 0 Å². The van der Waals surface area contributed by atoms with Crippen LogP contribution in [0.5, 0.6) is 0 Å². The van der Waals surface area contributed by atoms with E-state index >= 15 is 0 Å². The van der Waals surface area contributed by atoms with E-state index in [2.05, 4.69) is 0 Å². The zero-order valence-corrected chi connectivity index (χ0v) is 9.35. The summed E-state index contributed by atoms with van der Waals surface area (Å²) in [5.74, 6) is -1.08. The summed E-state index contributed by atoms with van der Waals surface area (Å²) in [6.07, 6.45) is 0. The van der Waals surface area contributed by atoms with E-state index < -0.39 is 43.3 Å². The van der Waals surface area contributed by atoms with E-state index in [1.807, 2.05) is 5.32 Å². The molecule has 0 fully saturated rings. The number of hydrogen-bond acceptors (Lipinski definition) is 7. The number of nitrogens with one attached hydrogen (secondary N) is 1. The number of non-ortho nitro benzene ring substituents is 1. The molecule has 1 N–H and O–H groups in total. The zero-order chi connectivity index (χ0) is 14.7. The second-order valence-corrected chi connectivity index (χ2v) is 3.21. The van der Waals surface area contributed by atoms with Gasteiger partial charge in [-0.1, -0.05) is 0 Å². The lowest BCUT2D eigenvalue weighted by Crippen LogP contribution is -2.21. The molecule has 0 aliphatic rings. The summed E-state index contributed by atoms with van der Waals surface area (Å²) in [6.45, 7) is 0. The van der Waals surface area contributed by atoms with Gasteiger partial charge in [-0.05, 0) is 0 Å². The third-order valence-electron chi connectivity index (χ3n) is 2.14. The molecule has 19 heavy (non-hydrogen) atoms. The minimum absolute atomic E-state index is 0.498. The van der Waals surface area contributed by atoms with Crippen molar-refractivity contribution in [2.24, 2.45) is 0 Å². The lowest BCUT2D eigenvalue weighted by atomic mass is 10.1. The Balaban J connectivity index is 3.75. The van der Waals surface area contributed by atoms with Crippen molar-refractivity contribution >= 4 is 23.0 Å². The van der Waals surface area contributed by atoms with Gasteiger partial charge in [-0.3, -0.25) is 35.1 Å². The molecule has 0 aliphatic carbocycles. The summed E-state index contributed by atoms with van der Waals surface area (Å²) in [6, 6.07) is 0.995. The predicted octanol–water partition coefficient (Wildman–Crippen LogP) is 0.771. The van der Waals surface area contributed by atoms with Gasteiger partial charge in [0.05, 0.1) is 26.9 Å². The van der Waals surface area contributed by atoms with E-state index in [9.17, 15) is 35.1 Å². The normalized spacial score (nSPS) is 9.74. The van der Waals surface area contributed by atoms with Gasteiger partial charge in [-0.25, -0.2) is 0 Å². The van der Waals surface area contributed by atoms with Crippen molar-refractivity contribution in [3.05, 3.63) is 48.0 Å². The maximum absolute atomic E-state index is 11.5. The van der Waals surface area contributed by atoms with Crippen molar-refractivity contribution in [2.45, 2.75) is 0 Å². The Morgan fingerprint density at radius 1 is 1.00 bits per heavy atom. The maximum Gasteiger partial charge on any atom is 0.296 e. The molecule has 0 bridgehead atoms. The first-order chi connectivity index (χ1) is 8.79. The SMILES string of the molecule is CNC(=O)c1c([N+](=O)[O-])cc([N+](=O)[O-])cc1[N+](=O)[O-]. The average molecular weight is 270 g/mol. The second-order valence-electron chi connectivity index (χ2n) is 3.21. The van der Waals surface area contributed by atoms with Crippen LogP contribution in [0.2, 0.25) is 0 Å². The van der Waals surface area contributed by atoms with Crippen molar-refractivity contribution in [2.75, 3.05) is 7.05 Å². The van der Waals surface area contributed by atoms with Gasteiger partial charge in [-0.2, -0.15) is 0 Å². The molecule has 1 aromatic rings. The summed E-state index contributed by atoms with van der Waals surface area (Å²) in [5.41, 5.74) is -3.67. The summed E-state index contributed by atoms with van der Waals surface area (Å²) in [5, 5.41) is 34.1. The predicted molar refractivity (Wildman–Crippen MR) is 59.8 cm³/mol. The number of carbonyl (C=O) groups is 1. The number of benzene rings is 1. The highest BCUT2D eigenvalue weighted by Gasteiger charge is 2.34. The summed E-state index contributed by atoms with van der Waals surface area (Å²) in [7, 11) is 1.12. The third-order valence-corrected chi connectivity index (χ3v) is 2.14. The standard InChI is InChI=1S/C8H6N4O7/c1-9-8(13)7-5(11(16)17)2-4(10(14)15)3-6(7)12(18)19/h2-3H,1H3,(H,9,13). The van der Waals surface area contributed by atoms with Gasteiger partial charge in [0.15, 0.2) is 5.56 Å². The van der Waals surface area contributed by atoms with Gasteiger partial charge in [0.1, 0.15) is 0 Å². The van der Waals surface area contributed by atoms with Gasteiger partial charge in [0, 0.05) is 7.05 Å². The van der Waals surface area contributed by atoms with Crippen LogP contribution in [0.4, 0.5) is 17.1 Å². The first kappa shape index (κ1) is 14.0. The largest absolute Gasteiger partial charge is 0.355 e. The molecule has 11 heteroatoms. The number of hydrogen-bond donors (Lipinski definition) is 1. The molecule has 0 unspecified atom stereocenters. The van der Waals surface area contributed by atoms with Crippen LogP contribution in [0.25, 0.3) is 0 Å². The lowest BCUT2D eigenvalue weighted by molar-refractivity contribution is -0.403. The van der Waals surface area contributed by atoms with Crippen LogP contribution in [0, 0.1) is 30.3 Å². The summed E-state index contributed by atoms with van der Waals surface area (Å²) < 4.78 is 0. The molecule has 11 nitrogen and oxygen atoms in total. The smallest absolute Gasteiger partial charge is 0.296 e. The van der Waals surface area contributed by atoms with Crippen molar-refractivity contribution in [3.63, 3.8) is 0 Å². The summed E-state index contributed by atoms with van der Waals surface area (Å²) in [4.78, 5) is 40.4. The molecule has 0 saturated carbocycles. The lowest BCUT2D eigenvalue weighted by Gasteiger charge is -2.03. The van der Waals surface area contributed by atoms with Crippen LogP contribution in [0.15, 0.2) is 12.1 Å². The highest BCUT2D eigenvalue weighted by atomic mass is 16.6. The van der Waals surface area contributed by atoms with Gasteiger partial charge in [-0.15, -0.1) is 0 Å². The molecular weight excluding hydrogens is 264 g/mol. The fraction of sp³-hybridized carbons (Fsp3) is 0.125. The molecule has 1 amide bonds. The number of nitro benzene ring substituents is 3. The van der Waals surface area contributed by atoms with Crippen molar-refractivity contribution in [1.29, 1.82) is 0 Å². The molecule has 100 valence electrons. The molecule has 0 spiro atoms. The minimum atomic E-state index is -1.09. The van der Waals surface area contributed by atoms with Crippen molar-refractivity contribution in [1.82, 2.24) is 5.32 Å². The molecule has 0 aliphatic heterocycles.